The summed E-state index contributed by atoms with van der Waals surface area (Å²) in [6.07, 6.45) is 1.69. The van der Waals surface area contributed by atoms with Crippen LogP contribution in [-0.2, 0) is 0 Å². The van der Waals surface area contributed by atoms with E-state index in [1.165, 1.54) is 12.1 Å². The van der Waals surface area contributed by atoms with Gasteiger partial charge in [0.25, 0.3) is 5.91 Å². The number of rotatable bonds is 3. The van der Waals surface area contributed by atoms with E-state index in [1.807, 2.05) is 0 Å². The van der Waals surface area contributed by atoms with Crippen LogP contribution >= 0.6 is 0 Å². The molecule has 1 saturated heterocycles. The van der Waals surface area contributed by atoms with Crippen molar-refractivity contribution in [2.75, 3.05) is 18.0 Å². The Hall–Kier alpha value is -2.37. The molecule has 1 aromatic heterocycles. The number of carbonyl (C=O) groups excluding carboxylic acids is 1. The van der Waals surface area contributed by atoms with Crippen molar-refractivity contribution < 1.29 is 13.7 Å². The molecule has 1 aliphatic rings. The number of halogens is 1. The molecule has 1 fully saturated rings. The van der Waals surface area contributed by atoms with Crippen LogP contribution in [-0.4, -0.2) is 30.2 Å². The third-order valence-electron chi connectivity index (χ3n) is 3.87. The predicted octanol–water partition coefficient (Wildman–Crippen LogP) is 2.52. The maximum atomic E-state index is 12.9. The fourth-order valence-electron chi connectivity index (χ4n) is 2.66. The molecular weight excluding hydrogens is 285 g/mol. The lowest BCUT2D eigenvalue weighted by Crippen LogP contribution is -2.44. The van der Waals surface area contributed by atoms with E-state index in [-0.39, 0.29) is 23.5 Å². The van der Waals surface area contributed by atoms with E-state index in [1.54, 1.807) is 25.1 Å². The highest BCUT2D eigenvalue weighted by molar-refractivity contribution is 5.91. The van der Waals surface area contributed by atoms with Crippen molar-refractivity contribution in [1.29, 1.82) is 0 Å². The van der Waals surface area contributed by atoms with Crippen LogP contribution in [0.15, 0.2) is 34.9 Å². The minimum Gasteiger partial charge on any atom is -0.371 e. The van der Waals surface area contributed by atoms with Gasteiger partial charge in [-0.15, -0.1) is 0 Å². The maximum absolute atomic E-state index is 12.9. The van der Waals surface area contributed by atoms with Gasteiger partial charge in [0.1, 0.15) is 5.82 Å². The molecule has 0 saturated carbocycles. The molecule has 5 nitrogen and oxygen atoms in total. The average Bonchev–Trinajstić information content (AvgIpc) is 2.96. The highest BCUT2D eigenvalue weighted by Gasteiger charge is 2.22. The number of hydrogen-bond donors (Lipinski definition) is 1. The van der Waals surface area contributed by atoms with Crippen molar-refractivity contribution in [3.8, 4) is 0 Å². The Balaban J connectivity index is 1.53. The summed E-state index contributed by atoms with van der Waals surface area (Å²) in [5, 5.41) is 6.69. The van der Waals surface area contributed by atoms with Gasteiger partial charge in [-0.05, 0) is 44.0 Å². The van der Waals surface area contributed by atoms with Crippen molar-refractivity contribution in [3.05, 3.63) is 47.6 Å². The Morgan fingerprint density at radius 1 is 1.32 bits per heavy atom. The standard InChI is InChI=1S/C16H18FN3O2/c1-11-10-15(22-19-11)16(21)18-13-6-8-20(9-7-13)14-4-2-12(17)3-5-14/h2-5,10,13H,6-9H2,1H3,(H,18,21). The Kier molecular flexibility index (Phi) is 4.09. The van der Waals surface area contributed by atoms with Crippen LogP contribution in [0.1, 0.15) is 29.1 Å². The summed E-state index contributed by atoms with van der Waals surface area (Å²) in [5.74, 6) is -0.201. The lowest BCUT2D eigenvalue weighted by atomic mass is 10.0. The molecule has 1 aliphatic heterocycles. The van der Waals surface area contributed by atoms with Crippen LogP contribution in [0, 0.1) is 12.7 Å². The first-order valence-corrected chi connectivity index (χ1v) is 7.36. The molecule has 1 aromatic carbocycles. The van der Waals surface area contributed by atoms with Gasteiger partial charge in [-0.1, -0.05) is 5.16 Å². The van der Waals surface area contributed by atoms with Gasteiger partial charge in [0.05, 0.1) is 5.69 Å². The molecule has 1 N–H and O–H groups in total. The molecule has 0 aliphatic carbocycles. The highest BCUT2D eigenvalue weighted by Crippen LogP contribution is 2.20. The minimum atomic E-state index is -0.228. The van der Waals surface area contributed by atoms with E-state index in [0.717, 1.165) is 31.6 Å². The summed E-state index contributed by atoms with van der Waals surface area (Å²) in [7, 11) is 0. The first-order chi connectivity index (χ1) is 10.6. The van der Waals surface area contributed by atoms with Gasteiger partial charge in [-0.25, -0.2) is 4.39 Å². The molecule has 2 aromatic rings. The number of nitrogens with one attached hydrogen (secondary N) is 1. The molecule has 1 amide bonds. The molecule has 0 unspecified atom stereocenters. The van der Waals surface area contributed by atoms with Crippen molar-refractivity contribution in [2.24, 2.45) is 0 Å². The topological polar surface area (TPSA) is 58.4 Å². The number of hydrogen-bond acceptors (Lipinski definition) is 4. The van der Waals surface area contributed by atoms with Gasteiger partial charge in [0.2, 0.25) is 5.76 Å². The van der Waals surface area contributed by atoms with E-state index < -0.39 is 0 Å². The van der Waals surface area contributed by atoms with Crippen LogP contribution in [0.3, 0.4) is 0 Å². The molecule has 0 bridgehead atoms. The number of benzene rings is 1. The normalized spacial score (nSPS) is 15.8. The first kappa shape index (κ1) is 14.6. The fourth-order valence-corrected chi connectivity index (χ4v) is 2.66. The average molecular weight is 303 g/mol. The van der Waals surface area contributed by atoms with E-state index in [2.05, 4.69) is 15.4 Å². The molecule has 22 heavy (non-hydrogen) atoms. The summed E-state index contributed by atoms with van der Waals surface area (Å²) in [4.78, 5) is 14.2. The molecule has 6 heteroatoms. The number of aryl methyl sites for hydroxylation is 1. The zero-order chi connectivity index (χ0) is 15.5. The monoisotopic (exact) mass is 303 g/mol. The number of amides is 1. The second-order valence-electron chi connectivity index (χ2n) is 5.54. The minimum absolute atomic E-state index is 0.120. The molecule has 0 atom stereocenters. The quantitative estimate of drug-likeness (QED) is 0.946. The molecule has 0 radical (unpaired) electrons. The summed E-state index contributed by atoms with van der Waals surface area (Å²) in [6, 6.07) is 8.25. The Morgan fingerprint density at radius 3 is 2.59 bits per heavy atom. The summed E-state index contributed by atoms with van der Waals surface area (Å²) in [5.41, 5.74) is 1.70. The fraction of sp³-hybridized carbons (Fsp3) is 0.375. The van der Waals surface area contributed by atoms with Gasteiger partial charge < -0.3 is 14.7 Å². The van der Waals surface area contributed by atoms with Crippen molar-refractivity contribution in [1.82, 2.24) is 10.5 Å². The summed E-state index contributed by atoms with van der Waals surface area (Å²) < 4.78 is 17.9. The van der Waals surface area contributed by atoms with Crippen LogP contribution in [0.4, 0.5) is 10.1 Å². The first-order valence-electron chi connectivity index (χ1n) is 7.36. The molecule has 2 heterocycles. The van der Waals surface area contributed by atoms with Crippen molar-refractivity contribution in [2.45, 2.75) is 25.8 Å². The Morgan fingerprint density at radius 2 is 2.00 bits per heavy atom. The zero-order valence-electron chi connectivity index (χ0n) is 12.4. The van der Waals surface area contributed by atoms with E-state index in [0.29, 0.717) is 5.69 Å². The smallest absolute Gasteiger partial charge is 0.290 e. The third kappa shape index (κ3) is 3.27. The second kappa shape index (κ2) is 6.17. The van der Waals surface area contributed by atoms with Crippen molar-refractivity contribution >= 4 is 11.6 Å². The lowest BCUT2D eigenvalue weighted by molar-refractivity contribution is 0.0893. The summed E-state index contributed by atoms with van der Waals surface area (Å²) in [6.45, 7) is 3.43. The molecular formula is C16H18FN3O2. The van der Waals surface area contributed by atoms with Crippen molar-refractivity contribution in [3.63, 3.8) is 0 Å². The maximum Gasteiger partial charge on any atom is 0.290 e. The SMILES string of the molecule is Cc1cc(C(=O)NC2CCN(c3ccc(F)cc3)CC2)on1. The van der Waals surface area contributed by atoms with Crippen LogP contribution in [0.25, 0.3) is 0 Å². The van der Waals surface area contributed by atoms with Crippen LogP contribution < -0.4 is 10.2 Å². The van der Waals surface area contributed by atoms with Gasteiger partial charge in [0, 0.05) is 30.9 Å². The Bertz CT molecular complexity index is 646. The van der Waals surface area contributed by atoms with E-state index in [9.17, 15) is 9.18 Å². The number of anilines is 1. The van der Waals surface area contributed by atoms with Gasteiger partial charge in [-0.2, -0.15) is 0 Å². The van der Waals surface area contributed by atoms with Gasteiger partial charge in [0.15, 0.2) is 0 Å². The predicted molar refractivity (Wildman–Crippen MR) is 80.3 cm³/mol. The van der Waals surface area contributed by atoms with Gasteiger partial charge >= 0.3 is 0 Å². The van der Waals surface area contributed by atoms with Crippen LogP contribution in [0.2, 0.25) is 0 Å². The van der Waals surface area contributed by atoms with E-state index in [4.69, 9.17) is 4.52 Å². The third-order valence-corrected chi connectivity index (χ3v) is 3.87. The Labute approximate surface area is 128 Å². The molecule has 3 rings (SSSR count). The highest BCUT2D eigenvalue weighted by atomic mass is 19.1. The number of carbonyl (C=O) groups is 1. The summed E-state index contributed by atoms with van der Waals surface area (Å²) >= 11 is 0. The van der Waals surface area contributed by atoms with Crippen LogP contribution in [0.5, 0.6) is 0 Å². The molecule has 116 valence electrons. The zero-order valence-corrected chi connectivity index (χ0v) is 12.4. The number of nitrogens with zero attached hydrogens (tertiary/aromatic N) is 2. The van der Waals surface area contributed by atoms with E-state index >= 15 is 0 Å². The lowest BCUT2D eigenvalue weighted by Gasteiger charge is -2.33. The number of aromatic nitrogens is 1. The largest absolute Gasteiger partial charge is 0.371 e. The second-order valence-corrected chi connectivity index (χ2v) is 5.54. The molecule has 0 spiro atoms. The number of piperidine rings is 1. The van der Waals surface area contributed by atoms with Gasteiger partial charge in [-0.3, -0.25) is 4.79 Å².